The smallest absolute Gasteiger partial charge is 0.135 e. The summed E-state index contributed by atoms with van der Waals surface area (Å²) in [6.45, 7) is 0. The summed E-state index contributed by atoms with van der Waals surface area (Å²) >= 11 is 0. The first-order valence-electron chi connectivity index (χ1n) is 18.2. The summed E-state index contributed by atoms with van der Waals surface area (Å²) in [6, 6.07) is 48.5. The molecule has 0 fully saturated rings. The van der Waals surface area contributed by atoms with Crippen LogP contribution < -0.4 is 20.3 Å². The van der Waals surface area contributed by atoms with E-state index in [-0.39, 0.29) is 18.1 Å². The third-order valence-electron chi connectivity index (χ3n) is 11.6. The Morgan fingerprint density at radius 1 is 0.538 bits per heavy atom. The Labute approximate surface area is 300 Å². The summed E-state index contributed by atoms with van der Waals surface area (Å²) in [5, 5.41) is 4.73. The fourth-order valence-corrected chi connectivity index (χ4v) is 9.31. The number of hydrogen-bond donors (Lipinski definition) is 0. The minimum absolute atomic E-state index is 0.0820. The molecule has 4 aliphatic rings. The second-order valence-electron chi connectivity index (χ2n) is 14.4. The van der Waals surface area contributed by atoms with Crippen molar-refractivity contribution in [2.24, 2.45) is 0 Å². The first kappa shape index (κ1) is 28.2. The summed E-state index contributed by atoms with van der Waals surface area (Å²) < 4.78 is 15.6. The summed E-state index contributed by atoms with van der Waals surface area (Å²) in [4.78, 5) is 2.48. The maximum Gasteiger partial charge on any atom is 0.135 e. The maximum atomic E-state index is 6.65. The van der Waals surface area contributed by atoms with E-state index >= 15 is 0 Å². The van der Waals surface area contributed by atoms with E-state index in [4.69, 9.17) is 9.15 Å². The van der Waals surface area contributed by atoms with Crippen molar-refractivity contribution in [2.75, 3.05) is 4.90 Å². The van der Waals surface area contributed by atoms with Crippen LogP contribution in [0.1, 0.15) is 23.0 Å². The number of hydrogen-bond acceptors (Lipinski definition) is 3. The quantitative estimate of drug-likeness (QED) is 0.188. The van der Waals surface area contributed by atoms with E-state index < -0.39 is 0 Å². The van der Waals surface area contributed by atoms with Gasteiger partial charge in [0.05, 0.1) is 23.0 Å². The van der Waals surface area contributed by atoms with Gasteiger partial charge in [0.25, 0.3) is 0 Å². The molecule has 2 aliphatic heterocycles. The molecular weight excluding hydrogens is 637 g/mol. The van der Waals surface area contributed by atoms with Gasteiger partial charge in [-0.3, -0.25) is 0 Å². The molecule has 246 valence electrons. The lowest BCUT2D eigenvalue weighted by Crippen LogP contribution is -2.32. The minimum Gasteiger partial charge on any atom is -0.485 e. The number of ether oxygens (including phenoxy) is 1. The maximum absolute atomic E-state index is 6.65. The summed E-state index contributed by atoms with van der Waals surface area (Å²) in [6.07, 6.45) is 13.5. The lowest BCUT2D eigenvalue weighted by Gasteiger charge is -2.28. The zero-order valence-corrected chi connectivity index (χ0v) is 28.2. The van der Waals surface area contributed by atoms with Crippen molar-refractivity contribution in [1.82, 2.24) is 4.57 Å². The zero-order valence-electron chi connectivity index (χ0n) is 28.2. The molecule has 4 heteroatoms. The highest BCUT2D eigenvalue weighted by molar-refractivity contribution is 6.09. The molecule has 4 nitrogen and oxygen atoms in total. The number of para-hydroxylation sites is 3. The number of anilines is 2. The van der Waals surface area contributed by atoms with Crippen molar-refractivity contribution in [1.29, 1.82) is 0 Å². The molecule has 0 radical (unpaired) electrons. The van der Waals surface area contributed by atoms with Crippen LogP contribution in [0.5, 0.6) is 5.75 Å². The van der Waals surface area contributed by atoms with E-state index in [9.17, 15) is 0 Å². The van der Waals surface area contributed by atoms with Crippen molar-refractivity contribution in [3.8, 4) is 22.6 Å². The molecule has 0 spiro atoms. The van der Waals surface area contributed by atoms with Gasteiger partial charge in [-0.05, 0) is 95.6 Å². The standard InChI is InChI=1S/C48H32N2O2/c1-2-10-31(11-3-1)49-43-17-9-6-14-35(43)36-24-29(18-21-44(36)49)30-19-22-45-37(25-30)39-27-48-40(28-47(39)51-45)38-26-32(20-23-46(38)52-48)50-41-15-7-4-12-33(41)34-13-5-8-16-42(34)50/h1-28,35,39,43,47H. The van der Waals surface area contributed by atoms with Crippen molar-refractivity contribution >= 4 is 56.3 Å². The first-order chi connectivity index (χ1) is 25.8. The van der Waals surface area contributed by atoms with Crippen LogP contribution in [0.2, 0.25) is 0 Å². The largest absolute Gasteiger partial charge is 0.485 e. The minimum atomic E-state index is -0.0881. The Balaban J connectivity index is 0.932. The van der Waals surface area contributed by atoms with Gasteiger partial charge in [0.2, 0.25) is 0 Å². The van der Waals surface area contributed by atoms with Gasteiger partial charge >= 0.3 is 0 Å². The van der Waals surface area contributed by atoms with Crippen LogP contribution in [-0.4, -0.2) is 16.7 Å². The highest BCUT2D eigenvalue weighted by atomic mass is 16.5. The molecule has 8 aromatic rings. The molecule has 0 saturated carbocycles. The van der Waals surface area contributed by atoms with Gasteiger partial charge in [-0.25, -0.2) is 0 Å². The van der Waals surface area contributed by atoms with Gasteiger partial charge in [-0.15, -0.1) is 0 Å². The predicted octanol–water partition coefficient (Wildman–Crippen LogP) is 10.0. The Hall–Kier alpha value is -6.52. The SMILES string of the molecule is C1=CC2c3cc(-c4ccc5c(c4)C4C=c6oc7ccc(-n8c9ccccc9c9ccccc98)cc7c6=CC4O5)ccc3N(c3ccccc3)C2C=C1. The lowest BCUT2D eigenvalue weighted by molar-refractivity contribution is 0.287. The van der Waals surface area contributed by atoms with Crippen LogP contribution in [0.25, 0.3) is 61.7 Å². The predicted molar refractivity (Wildman–Crippen MR) is 211 cm³/mol. The molecule has 4 unspecified atom stereocenters. The van der Waals surface area contributed by atoms with Crippen LogP contribution in [0.4, 0.5) is 11.4 Å². The monoisotopic (exact) mass is 668 g/mol. The normalized spacial score (nSPS) is 20.6. The van der Waals surface area contributed by atoms with Gasteiger partial charge in [0.1, 0.15) is 22.9 Å². The molecule has 2 aliphatic carbocycles. The Morgan fingerprint density at radius 3 is 2.10 bits per heavy atom. The van der Waals surface area contributed by atoms with Crippen LogP contribution in [0.3, 0.4) is 0 Å². The molecule has 0 N–H and O–H groups in total. The van der Waals surface area contributed by atoms with E-state index in [2.05, 4.69) is 179 Å². The van der Waals surface area contributed by atoms with Gasteiger partial charge in [0, 0.05) is 49.9 Å². The number of aromatic nitrogens is 1. The molecule has 4 heterocycles. The van der Waals surface area contributed by atoms with Gasteiger partial charge in [-0.2, -0.15) is 0 Å². The highest BCUT2D eigenvalue weighted by Crippen LogP contribution is 2.49. The number of allylic oxidation sites excluding steroid dienone is 2. The molecule has 52 heavy (non-hydrogen) atoms. The second kappa shape index (κ2) is 10.5. The zero-order chi connectivity index (χ0) is 33.9. The Kier molecular flexibility index (Phi) is 5.70. The number of benzene rings is 6. The Bertz CT molecular complexity index is 2930. The average Bonchev–Trinajstić information content (AvgIpc) is 3.94. The number of rotatable bonds is 3. The fourth-order valence-electron chi connectivity index (χ4n) is 9.31. The molecule has 0 saturated heterocycles. The fraction of sp³-hybridized carbons (Fsp3) is 0.0833. The van der Waals surface area contributed by atoms with Gasteiger partial charge in [0.15, 0.2) is 0 Å². The highest BCUT2D eigenvalue weighted by Gasteiger charge is 2.38. The Morgan fingerprint density at radius 2 is 1.27 bits per heavy atom. The molecule has 0 bridgehead atoms. The van der Waals surface area contributed by atoms with E-state index in [1.54, 1.807) is 0 Å². The average molecular weight is 669 g/mol. The number of furan rings is 1. The van der Waals surface area contributed by atoms with E-state index in [0.29, 0.717) is 5.92 Å². The van der Waals surface area contributed by atoms with Gasteiger partial charge in [-0.1, -0.05) is 91.0 Å². The second-order valence-corrected chi connectivity index (χ2v) is 14.4. The summed E-state index contributed by atoms with van der Waals surface area (Å²) in [5.74, 6) is 1.34. The third-order valence-corrected chi connectivity index (χ3v) is 11.6. The molecule has 2 aromatic heterocycles. The van der Waals surface area contributed by atoms with Crippen LogP contribution >= 0.6 is 0 Å². The first-order valence-corrected chi connectivity index (χ1v) is 18.2. The molecular formula is C48H32N2O2. The van der Waals surface area contributed by atoms with E-state index in [1.807, 2.05) is 0 Å². The summed E-state index contributed by atoms with van der Waals surface area (Å²) in [7, 11) is 0. The van der Waals surface area contributed by atoms with E-state index in [0.717, 1.165) is 33.0 Å². The lowest BCUT2D eigenvalue weighted by atomic mass is 9.88. The molecule has 12 rings (SSSR count). The number of nitrogens with zero attached hydrogens (tertiary/aromatic N) is 2. The molecule has 6 aromatic carbocycles. The molecule has 4 atom stereocenters. The van der Waals surface area contributed by atoms with Crippen molar-refractivity contribution in [2.45, 2.75) is 24.0 Å². The third kappa shape index (κ3) is 3.92. The van der Waals surface area contributed by atoms with Crippen molar-refractivity contribution in [3.63, 3.8) is 0 Å². The van der Waals surface area contributed by atoms with Crippen LogP contribution in [-0.2, 0) is 0 Å². The van der Waals surface area contributed by atoms with Crippen molar-refractivity contribution in [3.05, 3.63) is 180 Å². The number of fused-ring (bicyclic) bond motifs is 12. The molecule has 0 amide bonds. The van der Waals surface area contributed by atoms with Crippen LogP contribution in [0.15, 0.2) is 162 Å². The topological polar surface area (TPSA) is 30.5 Å². The van der Waals surface area contributed by atoms with Gasteiger partial charge < -0.3 is 18.6 Å². The van der Waals surface area contributed by atoms with E-state index in [1.165, 1.54) is 55.4 Å². The van der Waals surface area contributed by atoms with Crippen LogP contribution in [0, 0.1) is 0 Å². The summed E-state index contributed by atoms with van der Waals surface area (Å²) in [5.41, 5.74) is 12.8. The van der Waals surface area contributed by atoms with Crippen molar-refractivity contribution < 1.29 is 9.15 Å².